The lowest BCUT2D eigenvalue weighted by atomic mass is 10.3. The maximum absolute atomic E-state index is 13.3. The SMILES string of the molecule is CCOC(=O)CCC(=O)NCC(=O)Nc1ccccc1F. The molecule has 2 amide bonds. The Morgan fingerprint density at radius 2 is 1.86 bits per heavy atom. The van der Waals surface area contributed by atoms with Crippen molar-refractivity contribution in [2.45, 2.75) is 19.8 Å². The molecule has 0 fully saturated rings. The number of halogens is 1. The Hall–Kier alpha value is -2.44. The van der Waals surface area contributed by atoms with Crippen molar-refractivity contribution in [2.24, 2.45) is 0 Å². The smallest absolute Gasteiger partial charge is 0.306 e. The van der Waals surface area contributed by atoms with Crippen LogP contribution in [0.4, 0.5) is 10.1 Å². The van der Waals surface area contributed by atoms with E-state index in [1.54, 1.807) is 13.0 Å². The third-order valence-electron chi connectivity index (χ3n) is 2.46. The second-order valence-corrected chi connectivity index (χ2v) is 4.11. The van der Waals surface area contributed by atoms with Gasteiger partial charge in [-0.3, -0.25) is 14.4 Å². The first-order valence-corrected chi connectivity index (χ1v) is 6.49. The lowest BCUT2D eigenvalue weighted by Crippen LogP contribution is -2.33. The van der Waals surface area contributed by atoms with E-state index in [1.807, 2.05) is 0 Å². The summed E-state index contributed by atoms with van der Waals surface area (Å²) < 4.78 is 17.9. The van der Waals surface area contributed by atoms with Crippen molar-refractivity contribution in [3.8, 4) is 0 Å². The van der Waals surface area contributed by atoms with Crippen LogP contribution in [-0.4, -0.2) is 30.9 Å². The molecule has 1 aromatic carbocycles. The third-order valence-corrected chi connectivity index (χ3v) is 2.46. The van der Waals surface area contributed by atoms with Gasteiger partial charge < -0.3 is 15.4 Å². The zero-order valence-electron chi connectivity index (χ0n) is 11.6. The van der Waals surface area contributed by atoms with Gasteiger partial charge in [-0.1, -0.05) is 12.1 Å². The van der Waals surface area contributed by atoms with E-state index in [0.29, 0.717) is 0 Å². The summed E-state index contributed by atoms with van der Waals surface area (Å²) in [6.07, 6.45) is -0.111. The van der Waals surface area contributed by atoms with Crippen molar-refractivity contribution in [3.05, 3.63) is 30.1 Å². The minimum absolute atomic E-state index is 0.0447. The summed E-state index contributed by atoms with van der Waals surface area (Å²) in [6.45, 7) is 1.63. The first-order valence-electron chi connectivity index (χ1n) is 6.49. The van der Waals surface area contributed by atoms with Gasteiger partial charge >= 0.3 is 5.97 Å². The van der Waals surface area contributed by atoms with Gasteiger partial charge in [0.1, 0.15) is 5.82 Å². The number of esters is 1. The molecule has 0 aliphatic rings. The fraction of sp³-hybridized carbons (Fsp3) is 0.357. The molecule has 0 bridgehead atoms. The van der Waals surface area contributed by atoms with Gasteiger partial charge in [-0.05, 0) is 19.1 Å². The number of para-hydroxylation sites is 1. The molecule has 0 atom stereocenters. The minimum atomic E-state index is -0.556. The van der Waals surface area contributed by atoms with E-state index in [9.17, 15) is 18.8 Å². The average molecular weight is 296 g/mol. The molecule has 0 heterocycles. The topological polar surface area (TPSA) is 84.5 Å². The van der Waals surface area contributed by atoms with Gasteiger partial charge in [-0.2, -0.15) is 0 Å². The molecule has 0 radical (unpaired) electrons. The van der Waals surface area contributed by atoms with Gasteiger partial charge in [0, 0.05) is 6.42 Å². The van der Waals surface area contributed by atoms with Crippen LogP contribution < -0.4 is 10.6 Å². The molecule has 1 rings (SSSR count). The molecule has 1 aromatic rings. The second-order valence-electron chi connectivity index (χ2n) is 4.11. The molecule has 0 aromatic heterocycles. The van der Waals surface area contributed by atoms with Crippen molar-refractivity contribution in [3.63, 3.8) is 0 Å². The van der Waals surface area contributed by atoms with Gasteiger partial charge in [-0.15, -0.1) is 0 Å². The van der Waals surface area contributed by atoms with Crippen LogP contribution >= 0.6 is 0 Å². The van der Waals surface area contributed by atoms with Crippen LogP contribution in [0.3, 0.4) is 0 Å². The van der Waals surface area contributed by atoms with Crippen LogP contribution in [0, 0.1) is 5.82 Å². The van der Waals surface area contributed by atoms with E-state index in [1.165, 1.54) is 18.2 Å². The highest BCUT2D eigenvalue weighted by atomic mass is 19.1. The van der Waals surface area contributed by atoms with Gasteiger partial charge in [0.15, 0.2) is 0 Å². The molecule has 0 saturated carbocycles. The van der Waals surface area contributed by atoms with Crippen molar-refractivity contribution in [1.29, 1.82) is 0 Å². The fourth-order valence-electron chi connectivity index (χ4n) is 1.47. The first-order chi connectivity index (χ1) is 10.0. The number of anilines is 1. The number of amides is 2. The molecule has 0 spiro atoms. The molecule has 114 valence electrons. The molecule has 0 saturated heterocycles. The van der Waals surface area contributed by atoms with Crippen LogP contribution in [0.15, 0.2) is 24.3 Å². The summed E-state index contributed by atoms with van der Waals surface area (Å²) >= 11 is 0. The van der Waals surface area contributed by atoms with Crippen molar-refractivity contribution in [1.82, 2.24) is 5.32 Å². The van der Waals surface area contributed by atoms with Gasteiger partial charge in [0.25, 0.3) is 0 Å². The Morgan fingerprint density at radius 3 is 2.52 bits per heavy atom. The lowest BCUT2D eigenvalue weighted by Gasteiger charge is -2.07. The van der Waals surface area contributed by atoms with Crippen LogP contribution in [0.1, 0.15) is 19.8 Å². The van der Waals surface area contributed by atoms with Crippen molar-refractivity contribution in [2.75, 3.05) is 18.5 Å². The zero-order chi connectivity index (χ0) is 15.7. The van der Waals surface area contributed by atoms with Crippen LogP contribution in [0.5, 0.6) is 0 Å². The highest BCUT2D eigenvalue weighted by Crippen LogP contribution is 2.11. The summed E-state index contributed by atoms with van der Waals surface area (Å²) in [5.74, 6) is -2.03. The standard InChI is InChI=1S/C14H17FN2O4/c1-2-21-14(20)8-7-12(18)16-9-13(19)17-11-6-4-3-5-10(11)15/h3-6H,2,7-9H2,1H3,(H,16,18)(H,17,19). The van der Waals surface area contributed by atoms with Crippen LogP contribution in [-0.2, 0) is 19.1 Å². The largest absolute Gasteiger partial charge is 0.466 e. The molecule has 2 N–H and O–H groups in total. The predicted octanol–water partition coefficient (Wildman–Crippen LogP) is 1.22. The Balaban J connectivity index is 2.28. The Kier molecular flexibility index (Phi) is 6.86. The number of nitrogens with one attached hydrogen (secondary N) is 2. The molecule has 21 heavy (non-hydrogen) atoms. The minimum Gasteiger partial charge on any atom is -0.466 e. The Bertz CT molecular complexity index is 519. The third kappa shape index (κ3) is 6.51. The van der Waals surface area contributed by atoms with E-state index in [-0.39, 0.29) is 31.7 Å². The Morgan fingerprint density at radius 1 is 1.14 bits per heavy atom. The molecule has 7 heteroatoms. The van der Waals surface area contributed by atoms with E-state index < -0.39 is 23.6 Å². The first kappa shape index (κ1) is 16.6. The highest BCUT2D eigenvalue weighted by molar-refractivity contribution is 5.94. The van der Waals surface area contributed by atoms with Crippen molar-refractivity contribution < 1.29 is 23.5 Å². The number of carbonyl (C=O) groups excluding carboxylic acids is 3. The van der Waals surface area contributed by atoms with Crippen molar-refractivity contribution >= 4 is 23.5 Å². The summed E-state index contributed by atoms with van der Waals surface area (Å²) in [7, 11) is 0. The highest BCUT2D eigenvalue weighted by Gasteiger charge is 2.10. The fourth-order valence-corrected chi connectivity index (χ4v) is 1.47. The van der Waals surface area contributed by atoms with Gasteiger partial charge in [0.2, 0.25) is 11.8 Å². The lowest BCUT2D eigenvalue weighted by molar-refractivity contribution is -0.144. The summed E-state index contributed by atoms with van der Waals surface area (Å²) in [4.78, 5) is 34.0. The van der Waals surface area contributed by atoms with E-state index in [4.69, 9.17) is 0 Å². The van der Waals surface area contributed by atoms with Gasteiger partial charge in [-0.25, -0.2) is 4.39 Å². The number of carbonyl (C=O) groups is 3. The number of hydrogen-bond donors (Lipinski definition) is 2. The van der Waals surface area contributed by atoms with E-state index >= 15 is 0 Å². The van der Waals surface area contributed by atoms with E-state index in [2.05, 4.69) is 15.4 Å². The predicted molar refractivity (Wildman–Crippen MR) is 73.9 cm³/mol. The Labute approximate surface area is 121 Å². The maximum Gasteiger partial charge on any atom is 0.306 e. The van der Waals surface area contributed by atoms with Crippen LogP contribution in [0.25, 0.3) is 0 Å². The van der Waals surface area contributed by atoms with E-state index in [0.717, 1.165) is 0 Å². The molecule has 0 aliphatic heterocycles. The molecule has 0 unspecified atom stereocenters. The second kappa shape index (κ2) is 8.68. The monoisotopic (exact) mass is 296 g/mol. The molecule has 0 aliphatic carbocycles. The molecular formula is C14H17FN2O4. The normalized spacial score (nSPS) is 9.81. The number of ether oxygens (including phenoxy) is 1. The summed E-state index contributed by atoms with van der Waals surface area (Å²) in [6, 6.07) is 5.71. The quantitative estimate of drug-likeness (QED) is 0.741. The summed E-state index contributed by atoms with van der Waals surface area (Å²) in [5.41, 5.74) is 0.0447. The number of hydrogen-bond acceptors (Lipinski definition) is 4. The molecule has 6 nitrogen and oxygen atoms in total. The molecular weight excluding hydrogens is 279 g/mol. The summed E-state index contributed by atoms with van der Waals surface area (Å²) in [5, 5.41) is 4.67. The number of benzene rings is 1. The number of rotatable bonds is 7. The maximum atomic E-state index is 13.3. The van der Waals surface area contributed by atoms with Gasteiger partial charge in [0.05, 0.1) is 25.3 Å². The zero-order valence-corrected chi connectivity index (χ0v) is 11.6. The average Bonchev–Trinajstić information content (AvgIpc) is 2.46. The van der Waals surface area contributed by atoms with Crippen LogP contribution in [0.2, 0.25) is 0 Å².